The van der Waals surface area contributed by atoms with Crippen LogP contribution >= 0.6 is 0 Å². The molecule has 0 aromatic carbocycles. The zero-order chi connectivity index (χ0) is 9.45. The van der Waals surface area contributed by atoms with Crippen LogP contribution in [0.15, 0.2) is 0 Å². The fourth-order valence-electron chi connectivity index (χ4n) is 1.49. The quantitative estimate of drug-likeness (QED) is 0.623. The van der Waals surface area contributed by atoms with Crippen molar-refractivity contribution in [1.29, 1.82) is 0 Å². The van der Waals surface area contributed by atoms with Gasteiger partial charge in [-0.1, -0.05) is 46.5 Å². The summed E-state index contributed by atoms with van der Waals surface area (Å²) in [6.45, 7) is 6.44. The summed E-state index contributed by atoms with van der Waals surface area (Å²) in [6, 6.07) is 0. The number of unbranched alkanes of at least 4 members (excludes halogenated alkanes) is 2. The molecule has 0 bridgehead atoms. The molecule has 0 aromatic rings. The third-order valence-corrected chi connectivity index (χ3v) is 2.65. The largest absolute Gasteiger partial charge is 0.390 e. The van der Waals surface area contributed by atoms with Crippen molar-refractivity contribution >= 4 is 0 Å². The standard InChI is InChI=1S/C11H24O/c1-4-7-9-11(12,6-3)10-8-5-2/h12H,4-10H2,1-3H3. The van der Waals surface area contributed by atoms with Crippen molar-refractivity contribution in [2.24, 2.45) is 0 Å². The van der Waals surface area contributed by atoms with Crippen molar-refractivity contribution in [3.8, 4) is 0 Å². The lowest BCUT2D eigenvalue weighted by Gasteiger charge is -2.26. The minimum Gasteiger partial charge on any atom is -0.390 e. The SMILES string of the molecule is CCCCC(O)(CC)CCCC. The second-order valence-corrected chi connectivity index (χ2v) is 3.79. The van der Waals surface area contributed by atoms with E-state index in [2.05, 4.69) is 20.8 Å². The third-order valence-electron chi connectivity index (χ3n) is 2.65. The first-order valence-electron chi connectivity index (χ1n) is 5.41. The topological polar surface area (TPSA) is 20.2 Å². The van der Waals surface area contributed by atoms with E-state index in [1.165, 1.54) is 12.8 Å². The third kappa shape index (κ3) is 4.76. The fourth-order valence-corrected chi connectivity index (χ4v) is 1.49. The molecule has 0 aliphatic rings. The Hall–Kier alpha value is -0.0400. The Morgan fingerprint density at radius 2 is 1.33 bits per heavy atom. The van der Waals surface area contributed by atoms with Crippen molar-refractivity contribution < 1.29 is 5.11 Å². The highest BCUT2D eigenvalue weighted by Gasteiger charge is 2.22. The second kappa shape index (κ2) is 6.47. The Morgan fingerprint density at radius 1 is 0.917 bits per heavy atom. The van der Waals surface area contributed by atoms with E-state index in [0.717, 1.165) is 32.1 Å². The highest BCUT2D eigenvalue weighted by Crippen LogP contribution is 2.24. The minimum absolute atomic E-state index is 0.355. The van der Waals surface area contributed by atoms with Gasteiger partial charge in [-0.2, -0.15) is 0 Å². The van der Waals surface area contributed by atoms with Crippen LogP contribution in [0.1, 0.15) is 65.7 Å². The van der Waals surface area contributed by atoms with E-state index < -0.39 is 0 Å². The molecule has 0 aliphatic carbocycles. The smallest absolute Gasteiger partial charge is 0.0645 e. The summed E-state index contributed by atoms with van der Waals surface area (Å²) in [5.41, 5.74) is -0.355. The van der Waals surface area contributed by atoms with Crippen molar-refractivity contribution in [2.45, 2.75) is 71.3 Å². The molecule has 74 valence electrons. The van der Waals surface area contributed by atoms with E-state index in [0.29, 0.717) is 0 Å². The molecular weight excluding hydrogens is 148 g/mol. The maximum Gasteiger partial charge on any atom is 0.0645 e. The van der Waals surface area contributed by atoms with Crippen molar-refractivity contribution in [1.82, 2.24) is 0 Å². The lowest BCUT2D eigenvalue weighted by molar-refractivity contribution is 0.0148. The van der Waals surface area contributed by atoms with E-state index in [4.69, 9.17) is 0 Å². The van der Waals surface area contributed by atoms with Gasteiger partial charge in [0.15, 0.2) is 0 Å². The first-order chi connectivity index (χ1) is 5.68. The highest BCUT2D eigenvalue weighted by molar-refractivity contribution is 4.75. The molecule has 1 N–H and O–H groups in total. The van der Waals surface area contributed by atoms with Crippen LogP contribution in [0.25, 0.3) is 0 Å². The van der Waals surface area contributed by atoms with Crippen LogP contribution in [0.2, 0.25) is 0 Å². The summed E-state index contributed by atoms with van der Waals surface area (Å²) in [6.07, 6.45) is 7.58. The van der Waals surface area contributed by atoms with Crippen LogP contribution in [0, 0.1) is 0 Å². The van der Waals surface area contributed by atoms with Gasteiger partial charge in [-0.15, -0.1) is 0 Å². The molecule has 0 fully saturated rings. The van der Waals surface area contributed by atoms with E-state index in [1.807, 2.05) is 0 Å². The molecular formula is C11H24O. The summed E-state index contributed by atoms with van der Waals surface area (Å²) >= 11 is 0. The second-order valence-electron chi connectivity index (χ2n) is 3.79. The van der Waals surface area contributed by atoms with Gasteiger partial charge in [0.2, 0.25) is 0 Å². The Kier molecular flexibility index (Phi) is 6.45. The Morgan fingerprint density at radius 3 is 1.58 bits per heavy atom. The molecule has 0 rings (SSSR count). The first-order valence-corrected chi connectivity index (χ1v) is 5.41. The lowest BCUT2D eigenvalue weighted by Crippen LogP contribution is -2.27. The van der Waals surface area contributed by atoms with Crippen molar-refractivity contribution in [3.63, 3.8) is 0 Å². The van der Waals surface area contributed by atoms with Gasteiger partial charge >= 0.3 is 0 Å². The molecule has 0 unspecified atom stereocenters. The summed E-state index contributed by atoms with van der Waals surface area (Å²) in [7, 11) is 0. The molecule has 0 saturated heterocycles. The lowest BCUT2D eigenvalue weighted by atomic mass is 9.89. The van der Waals surface area contributed by atoms with Crippen LogP contribution in [0.3, 0.4) is 0 Å². The number of rotatable bonds is 7. The molecule has 0 atom stereocenters. The summed E-state index contributed by atoms with van der Waals surface area (Å²) < 4.78 is 0. The van der Waals surface area contributed by atoms with Gasteiger partial charge in [0.05, 0.1) is 5.60 Å². The predicted molar refractivity (Wildman–Crippen MR) is 54.3 cm³/mol. The molecule has 0 radical (unpaired) electrons. The van der Waals surface area contributed by atoms with Crippen LogP contribution < -0.4 is 0 Å². The molecule has 0 heterocycles. The number of hydrogen-bond donors (Lipinski definition) is 1. The molecule has 12 heavy (non-hydrogen) atoms. The molecule has 1 nitrogen and oxygen atoms in total. The number of hydrogen-bond acceptors (Lipinski definition) is 1. The maximum absolute atomic E-state index is 10.1. The number of aliphatic hydroxyl groups is 1. The van der Waals surface area contributed by atoms with Crippen LogP contribution in [-0.2, 0) is 0 Å². The molecule has 0 amide bonds. The van der Waals surface area contributed by atoms with Gasteiger partial charge in [-0.3, -0.25) is 0 Å². The summed E-state index contributed by atoms with van der Waals surface area (Å²) in [5, 5.41) is 10.1. The summed E-state index contributed by atoms with van der Waals surface area (Å²) in [5.74, 6) is 0. The zero-order valence-electron chi connectivity index (χ0n) is 8.90. The van der Waals surface area contributed by atoms with Crippen molar-refractivity contribution in [2.75, 3.05) is 0 Å². The molecule has 0 aliphatic heterocycles. The van der Waals surface area contributed by atoms with E-state index in [9.17, 15) is 5.11 Å². The average molecular weight is 172 g/mol. The molecule has 0 saturated carbocycles. The van der Waals surface area contributed by atoms with Gasteiger partial charge in [0.1, 0.15) is 0 Å². The van der Waals surface area contributed by atoms with Crippen LogP contribution in [0.5, 0.6) is 0 Å². The first kappa shape index (κ1) is 12.0. The molecule has 0 aromatic heterocycles. The van der Waals surface area contributed by atoms with E-state index in [1.54, 1.807) is 0 Å². The van der Waals surface area contributed by atoms with Gasteiger partial charge < -0.3 is 5.11 Å². The van der Waals surface area contributed by atoms with E-state index >= 15 is 0 Å². The Bertz CT molecular complexity index is 91.2. The zero-order valence-corrected chi connectivity index (χ0v) is 8.90. The molecule has 0 spiro atoms. The van der Waals surface area contributed by atoms with Crippen LogP contribution in [-0.4, -0.2) is 10.7 Å². The maximum atomic E-state index is 10.1. The normalized spacial score (nSPS) is 12.0. The minimum atomic E-state index is -0.355. The Balaban J connectivity index is 3.70. The van der Waals surface area contributed by atoms with Gasteiger partial charge in [0.25, 0.3) is 0 Å². The van der Waals surface area contributed by atoms with Gasteiger partial charge in [-0.05, 0) is 19.3 Å². The highest BCUT2D eigenvalue weighted by atomic mass is 16.3. The monoisotopic (exact) mass is 172 g/mol. The van der Waals surface area contributed by atoms with E-state index in [-0.39, 0.29) is 5.60 Å². The van der Waals surface area contributed by atoms with Gasteiger partial charge in [-0.25, -0.2) is 0 Å². The average Bonchev–Trinajstić information content (AvgIpc) is 2.11. The predicted octanol–water partition coefficient (Wildman–Crippen LogP) is 3.51. The molecule has 1 heteroatoms. The van der Waals surface area contributed by atoms with Gasteiger partial charge in [0, 0.05) is 0 Å². The Labute approximate surface area is 77.2 Å². The van der Waals surface area contributed by atoms with Crippen molar-refractivity contribution in [3.05, 3.63) is 0 Å². The summed E-state index contributed by atoms with van der Waals surface area (Å²) in [4.78, 5) is 0. The fraction of sp³-hybridized carbons (Fsp3) is 1.00. The van der Waals surface area contributed by atoms with Crippen LogP contribution in [0.4, 0.5) is 0 Å².